The summed E-state index contributed by atoms with van der Waals surface area (Å²) in [6.45, 7) is 1.41. The maximum atomic E-state index is 13.6. The van der Waals surface area contributed by atoms with Crippen LogP contribution in [0.4, 0.5) is 19.3 Å². The summed E-state index contributed by atoms with van der Waals surface area (Å²) in [6, 6.07) is 0.643. The van der Waals surface area contributed by atoms with Crippen LogP contribution in [0.2, 0.25) is 0 Å². The summed E-state index contributed by atoms with van der Waals surface area (Å²) in [7, 11) is 0. The van der Waals surface area contributed by atoms with Gasteiger partial charge in [-0.15, -0.1) is 0 Å². The zero-order valence-corrected chi connectivity index (χ0v) is 11.5. The average Bonchev–Trinajstić information content (AvgIpc) is 2.84. The Morgan fingerprint density at radius 1 is 1.24 bits per heavy atom. The molecule has 0 aliphatic heterocycles. The Kier molecular flexibility index (Phi) is 4.40. The molecule has 2 amide bonds. The number of aliphatic carboxylic acids is 1. The molecule has 2 unspecified atom stereocenters. The van der Waals surface area contributed by atoms with Gasteiger partial charge in [-0.05, 0) is 31.4 Å². The van der Waals surface area contributed by atoms with Gasteiger partial charge in [0.15, 0.2) is 0 Å². The van der Waals surface area contributed by atoms with E-state index in [0.717, 1.165) is 12.1 Å². The highest BCUT2D eigenvalue weighted by atomic mass is 19.1. The van der Waals surface area contributed by atoms with Crippen molar-refractivity contribution in [2.45, 2.75) is 32.2 Å². The largest absolute Gasteiger partial charge is 0.481 e. The van der Waals surface area contributed by atoms with E-state index >= 15 is 0 Å². The van der Waals surface area contributed by atoms with Crippen LogP contribution in [-0.4, -0.2) is 23.1 Å². The number of nitrogens with one attached hydrogen (secondary N) is 2. The van der Waals surface area contributed by atoms with Crippen molar-refractivity contribution in [3.8, 4) is 0 Å². The summed E-state index contributed by atoms with van der Waals surface area (Å²) in [5.74, 6) is -2.98. The highest BCUT2D eigenvalue weighted by Crippen LogP contribution is 2.26. The Morgan fingerprint density at radius 2 is 1.95 bits per heavy atom. The molecule has 3 N–H and O–H groups in total. The molecule has 21 heavy (non-hydrogen) atoms. The molecule has 7 heteroatoms. The number of halogens is 2. The van der Waals surface area contributed by atoms with E-state index in [9.17, 15) is 18.4 Å². The van der Waals surface area contributed by atoms with Crippen molar-refractivity contribution in [2.75, 3.05) is 5.32 Å². The van der Waals surface area contributed by atoms with Gasteiger partial charge in [0.1, 0.15) is 11.6 Å². The van der Waals surface area contributed by atoms with Crippen molar-refractivity contribution >= 4 is 17.7 Å². The monoisotopic (exact) mass is 298 g/mol. The molecule has 1 aliphatic rings. The number of anilines is 1. The van der Waals surface area contributed by atoms with Gasteiger partial charge in [0.05, 0.1) is 11.6 Å². The van der Waals surface area contributed by atoms with E-state index in [2.05, 4.69) is 10.6 Å². The predicted octanol–water partition coefficient (Wildman–Crippen LogP) is 2.65. The van der Waals surface area contributed by atoms with Gasteiger partial charge >= 0.3 is 12.0 Å². The predicted molar refractivity (Wildman–Crippen MR) is 72.0 cm³/mol. The Bertz CT molecular complexity index is 578. The fraction of sp³-hybridized carbons (Fsp3) is 0.429. The third kappa shape index (κ3) is 3.48. The van der Waals surface area contributed by atoms with Crippen molar-refractivity contribution in [1.82, 2.24) is 5.32 Å². The first kappa shape index (κ1) is 15.2. The minimum absolute atomic E-state index is 0.139. The lowest BCUT2D eigenvalue weighted by Gasteiger charge is -2.18. The van der Waals surface area contributed by atoms with Crippen LogP contribution in [0.3, 0.4) is 0 Å². The fourth-order valence-electron chi connectivity index (χ4n) is 2.50. The zero-order valence-electron chi connectivity index (χ0n) is 11.5. The van der Waals surface area contributed by atoms with E-state index < -0.39 is 35.6 Å². The summed E-state index contributed by atoms with van der Waals surface area (Å²) < 4.78 is 27.0. The number of benzene rings is 1. The van der Waals surface area contributed by atoms with Gasteiger partial charge in [0.2, 0.25) is 0 Å². The Labute approximate surface area is 120 Å². The maximum absolute atomic E-state index is 13.6. The Balaban J connectivity index is 2.02. The second-order valence-corrected chi connectivity index (χ2v) is 5.16. The van der Waals surface area contributed by atoms with E-state index in [-0.39, 0.29) is 11.3 Å². The molecule has 114 valence electrons. The van der Waals surface area contributed by atoms with E-state index in [1.165, 1.54) is 6.92 Å². The van der Waals surface area contributed by atoms with Gasteiger partial charge in [-0.3, -0.25) is 4.79 Å². The van der Waals surface area contributed by atoms with Gasteiger partial charge in [-0.2, -0.15) is 0 Å². The number of amides is 2. The maximum Gasteiger partial charge on any atom is 0.319 e. The number of hydrogen-bond donors (Lipinski definition) is 3. The minimum Gasteiger partial charge on any atom is -0.481 e. The number of aryl methyl sites for hydroxylation is 1. The van der Waals surface area contributed by atoms with Gasteiger partial charge < -0.3 is 15.7 Å². The standard InChI is InChI=1S/C14H16F2N2O3/c1-7-5-10(16)12(6-9(7)15)18-14(21)17-11-4-2-3-8(11)13(19)20/h5-6,8,11H,2-4H2,1H3,(H,19,20)(H2,17,18,21). The molecule has 1 aromatic carbocycles. The third-order valence-electron chi connectivity index (χ3n) is 3.65. The molecule has 1 saturated carbocycles. The van der Waals surface area contributed by atoms with E-state index in [1.54, 1.807) is 0 Å². The van der Waals surface area contributed by atoms with Crippen LogP contribution >= 0.6 is 0 Å². The summed E-state index contributed by atoms with van der Waals surface area (Å²) in [4.78, 5) is 22.8. The molecule has 2 rings (SSSR count). The normalized spacial score (nSPS) is 21.1. The molecule has 5 nitrogen and oxygen atoms in total. The van der Waals surface area contributed by atoms with Gasteiger partial charge in [0.25, 0.3) is 0 Å². The van der Waals surface area contributed by atoms with Crippen LogP contribution in [0.5, 0.6) is 0 Å². The summed E-state index contributed by atoms with van der Waals surface area (Å²) in [5.41, 5.74) is -0.138. The molecule has 0 saturated heterocycles. The summed E-state index contributed by atoms with van der Waals surface area (Å²) >= 11 is 0. The minimum atomic E-state index is -0.967. The highest BCUT2D eigenvalue weighted by molar-refractivity contribution is 5.90. The van der Waals surface area contributed by atoms with Crippen LogP contribution in [0.1, 0.15) is 24.8 Å². The number of carbonyl (C=O) groups is 2. The van der Waals surface area contributed by atoms with Crippen LogP contribution in [0.15, 0.2) is 12.1 Å². The molecule has 1 aromatic rings. The van der Waals surface area contributed by atoms with E-state index in [4.69, 9.17) is 5.11 Å². The summed E-state index contributed by atoms with van der Waals surface area (Å²) in [6.07, 6.45) is 1.75. The number of hydrogen-bond acceptors (Lipinski definition) is 2. The van der Waals surface area contributed by atoms with Gasteiger partial charge in [0, 0.05) is 12.1 Å². The third-order valence-corrected chi connectivity index (χ3v) is 3.65. The first-order chi connectivity index (χ1) is 9.88. The molecule has 2 atom stereocenters. The molecule has 1 fully saturated rings. The Hall–Kier alpha value is -2.18. The summed E-state index contributed by atoms with van der Waals surface area (Å²) in [5, 5.41) is 13.7. The second-order valence-electron chi connectivity index (χ2n) is 5.16. The number of carboxylic acid groups (broad SMARTS) is 1. The van der Waals surface area contributed by atoms with E-state index in [0.29, 0.717) is 19.3 Å². The van der Waals surface area contributed by atoms with Crippen molar-refractivity contribution in [3.63, 3.8) is 0 Å². The second kappa shape index (κ2) is 6.07. The topological polar surface area (TPSA) is 78.4 Å². The first-order valence-electron chi connectivity index (χ1n) is 6.64. The molecule has 0 radical (unpaired) electrons. The highest BCUT2D eigenvalue weighted by Gasteiger charge is 2.33. The molecule has 0 spiro atoms. The van der Waals surface area contributed by atoms with Gasteiger partial charge in [-0.25, -0.2) is 13.6 Å². The zero-order chi connectivity index (χ0) is 15.6. The van der Waals surface area contributed by atoms with Crippen LogP contribution in [-0.2, 0) is 4.79 Å². The molecular formula is C14H16F2N2O3. The lowest BCUT2D eigenvalue weighted by atomic mass is 10.0. The Morgan fingerprint density at radius 3 is 2.62 bits per heavy atom. The molecule has 0 aromatic heterocycles. The fourth-order valence-corrected chi connectivity index (χ4v) is 2.50. The number of urea groups is 1. The van der Waals surface area contributed by atoms with Crippen molar-refractivity contribution in [2.24, 2.45) is 5.92 Å². The number of rotatable bonds is 3. The molecular weight excluding hydrogens is 282 g/mol. The smallest absolute Gasteiger partial charge is 0.319 e. The van der Waals surface area contributed by atoms with Crippen molar-refractivity contribution in [1.29, 1.82) is 0 Å². The molecule has 1 aliphatic carbocycles. The van der Waals surface area contributed by atoms with Crippen molar-refractivity contribution < 1.29 is 23.5 Å². The average molecular weight is 298 g/mol. The van der Waals surface area contributed by atoms with Gasteiger partial charge in [-0.1, -0.05) is 6.42 Å². The SMILES string of the molecule is Cc1cc(F)c(NC(=O)NC2CCCC2C(=O)O)cc1F. The first-order valence-corrected chi connectivity index (χ1v) is 6.64. The lowest BCUT2D eigenvalue weighted by molar-refractivity contribution is -0.142. The number of carboxylic acids is 1. The molecule has 0 bridgehead atoms. The van der Waals surface area contributed by atoms with Crippen molar-refractivity contribution in [3.05, 3.63) is 29.3 Å². The van der Waals surface area contributed by atoms with Crippen LogP contribution in [0, 0.1) is 24.5 Å². The lowest BCUT2D eigenvalue weighted by Crippen LogP contribution is -2.42. The molecule has 0 heterocycles. The van der Waals surface area contributed by atoms with E-state index in [1.807, 2.05) is 0 Å². The number of carbonyl (C=O) groups excluding carboxylic acids is 1. The van der Waals surface area contributed by atoms with Crippen LogP contribution in [0.25, 0.3) is 0 Å². The quantitative estimate of drug-likeness (QED) is 0.802. The van der Waals surface area contributed by atoms with Crippen LogP contribution < -0.4 is 10.6 Å².